The maximum atomic E-state index is 14.6. The molecule has 0 bridgehead atoms. The van der Waals surface area contributed by atoms with Crippen molar-refractivity contribution in [3.63, 3.8) is 0 Å². The number of rotatable bonds is 3. The zero-order valence-electron chi connectivity index (χ0n) is 13.0. The number of carboxylic acid groups (broad SMARTS) is 1. The Kier molecular flexibility index (Phi) is 3.40. The molecule has 4 N–H and O–H groups in total. The highest BCUT2D eigenvalue weighted by Crippen LogP contribution is 2.44. The van der Waals surface area contributed by atoms with Gasteiger partial charge in [-0.2, -0.15) is 0 Å². The van der Waals surface area contributed by atoms with Gasteiger partial charge in [0.05, 0.1) is 17.1 Å². The standard InChI is InChI=1S/C16H19FN4O3/c17-11-5-14-13(6-12(11)19-4-3-9(18)7-19)20(10-1-2-10)8-15(16(22)23)21(14)24/h5-6,8-10,24H,1-4,7,18H2,(H,22,23). The van der Waals surface area contributed by atoms with Crippen LogP contribution in [0.2, 0.25) is 0 Å². The van der Waals surface area contributed by atoms with E-state index < -0.39 is 11.8 Å². The van der Waals surface area contributed by atoms with Crippen molar-refractivity contribution in [1.82, 2.24) is 0 Å². The summed E-state index contributed by atoms with van der Waals surface area (Å²) < 4.78 is 14.6. The number of nitrogens with zero attached hydrogens (tertiary/aromatic N) is 3. The molecule has 7 nitrogen and oxygen atoms in total. The van der Waals surface area contributed by atoms with Crippen LogP contribution in [0.25, 0.3) is 0 Å². The normalized spacial score (nSPS) is 23.4. The van der Waals surface area contributed by atoms with Gasteiger partial charge in [-0.3, -0.25) is 5.21 Å². The summed E-state index contributed by atoms with van der Waals surface area (Å²) in [5, 5.41) is 20.0. The average Bonchev–Trinajstić information content (AvgIpc) is 3.28. The molecule has 1 aromatic rings. The molecule has 0 spiro atoms. The second kappa shape index (κ2) is 5.35. The number of halogens is 1. The minimum Gasteiger partial charge on any atom is -0.476 e. The summed E-state index contributed by atoms with van der Waals surface area (Å²) in [6.45, 7) is 1.26. The van der Waals surface area contributed by atoms with Gasteiger partial charge in [-0.1, -0.05) is 0 Å². The number of hydrogen-bond donors (Lipinski definition) is 3. The Morgan fingerprint density at radius 3 is 2.54 bits per heavy atom. The quantitative estimate of drug-likeness (QED) is 0.770. The van der Waals surface area contributed by atoms with Crippen molar-refractivity contribution >= 4 is 23.0 Å². The fraction of sp³-hybridized carbons (Fsp3) is 0.438. The first kappa shape index (κ1) is 15.2. The second-order valence-electron chi connectivity index (χ2n) is 6.56. The molecule has 1 aliphatic carbocycles. The SMILES string of the molecule is NC1CCN(c2cc3c(cc2F)N(O)C(C(=O)O)=CN3C2CC2)C1. The molecule has 1 saturated carbocycles. The molecular formula is C16H19FN4O3. The van der Waals surface area contributed by atoms with Crippen molar-refractivity contribution in [2.45, 2.75) is 31.3 Å². The van der Waals surface area contributed by atoms with Crippen molar-refractivity contribution < 1.29 is 19.5 Å². The summed E-state index contributed by atoms with van der Waals surface area (Å²) in [6, 6.07) is 3.08. The average molecular weight is 334 g/mol. The van der Waals surface area contributed by atoms with Crippen molar-refractivity contribution in [3.05, 3.63) is 29.8 Å². The molecule has 1 saturated heterocycles. The Balaban J connectivity index is 1.79. The van der Waals surface area contributed by atoms with Crippen LogP contribution in [-0.2, 0) is 4.79 Å². The van der Waals surface area contributed by atoms with Crippen molar-refractivity contribution in [2.75, 3.05) is 28.0 Å². The first-order valence-corrected chi connectivity index (χ1v) is 8.02. The van der Waals surface area contributed by atoms with E-state index in [0.29, 0.717) is 29.5 Å². The van der Waals surface area contributed by atoms with Gasteiger partial charge in [0.25, 0.3) is 0 Å². The molecule has 24 heavy (non-hydrogen) atoms. The fourth-order valence-corrected chi connectivity index (χ4v) is 3.35. The third-order valence-corrected chi connectivity index (χ3v) is 4.76. The third-order valence-electron chi connectivity index (χ3n) is 4.76. The van der Waals surface area contributed by atoms with Crippen LogP contribution in [0.15, 0.2) is 24.0 Å². The topological polar surface area (TPSA) is 93.3 Å². The van der Waals surface area contributed by atoms with Gasteiger partial charge in [-0.05, 0) is 25.3 Å². The van der Waals surface area contributed by atoms with Gasteiger partial charge in [-0.15, -0.1) is 0 Å². The van der Waals surface area contributed by atoms with E-state index in [1.165, 1.54) is 12.3 Å². The van der Waals surface area contributed by atoms with Crippen LogP contribution in [0.1, 0.15) is 19.3 Å². The van der Waals surface area contributed by atoms with E-state index in [2.05, 4.69) is 0 Å². The van der Waals surface area contributed by atoms with E-state index in [1.54, 1.807) is 6.07 Å². The summed E-state index contributed by atoms with van der Waals surface area (Å²) in [4.78, 5) is 15.1. The van der Waals surface area contributed by atoms with Crippen LogP contribution in [0.5, 0.6) is 0 Å². The van der Waals surface area contributed by atoms with Crippen LogP contribution in [0, 0.1) is 5.82 Å². The van der Waals surface area contributed by atoms with Gasteiger partial charge in [0.15, 0.2) is 5.70 Å². The van der Waals surface area contributed by atoms with Crippen molar-refractivity contribution in [3.8, 4) is 0 Å². The van der Waals surface area contributed by atoms with E-state index in [1.807, 2.05) is 9.80 Å². The lowest BCUT2D eigenvalue weighted by atomic mass is 10.1. The zero-order valence-corrected chi connectivity index (χ0v) is 13.0. The van der Waals surface area contributed by atoms with E-state index in [0.717, 1.165) is 19.3 Å². The highest BCUT2D eigenvalue weighted by Gasteiger charge is 2.37. The first-order valence-electron chi connectivity index (χ1n) is 8.02. The molecule has 1 unspecified atom stereocenters. The number of nitrogens with two attached hydrogens (primary N) is 1. The van der Waals surface area contributed by atoms with Gasteiger partial charge in [0.1, 0.15) is 5.82 Å². The van der Waals surface area contributed by atoms with E-state index in [4.69, 9.17) is 5.73 Å². The first-order chi connectivity index (χ1) is 11.5. The maximum Gasteiger partial charge on any atom is 0.356 e. The van der Waals surface area contributed by atoms with Crippen LogP contribution >= 0.6 is 0 Å². The summed E-state index contributed by atoms with van der Waals surface area (Å²) in [5.41, 5.74) is 6.82. The van der Waals surface area contributed by atoms with Gasteiger partial charge >= 0.3 is 5.97 Å². The Labute approximate surface area is 138 Å². The number of hydrogen-bond acceptors (Lipinski definition) is 6. The number of benzene rings is 1. The Bertz CT molecular complexity index is 734. The summed E-state index contributed by atoms with van der Waals surface area (Å²) in [7, 11) is 0. The van der Waals surface area contributed by atoms with Crippen LogP contribution in [-0.4, -0.2) is 41.5 Å². The summed E-state index contributed by atoms with van der Waals surface area (Å²) >= 11 is 0. The molecular weight excluding hydrogens is 315 g/mol. The molecule has 4 rings (SSSR count). The molecule has 1 aromatic carbocycles. The number of anilines is 3. The number of carboxylic acids is 1. The smallest absolute Gasteiger partial charge is 0.356 e. The van der Waals surface area contributed by atoms with Gasteiger partial charge < -0.3 is 20.6 Å². The molecule has 8 heteroatoms. The van der Waals surface area contributed by atoms with E-state index in [9.17, 15) is 19.5 Å². The lowest BCUT2D eigenvalue weighted by Crippen LogP contribution is -2.35. The third kappa shape index (κ3) is 2.38. The largest absolute Gasteiger partial charge is 0.476 e. The maximum absolute atomic E-state index is 14.6. The predicted octanol–water partition coefficient (Wildman–Crippen LogP) is 1.47. The highest BCUT2D eigenvalue weighted by atomic mass is 19.1. The van der Waals surface area contributed by atoms with Crippen molar-refractivity contribution in [1.29, 1.82) is 0 Å². The minimum atomic E-state index is -1.26. The molecule has 2 fully saturated rings. The monoisotopic (exact) mass is 334 g/mol. The number of fused-ring (bicyclic) bond motifs is 1. The molecule has 0 aromatic heterocycles. The second-order valence-corrected chi connectivity index (χ2v) is 6.56. The molecule has 128 valence electrons. The Hall–Kier alpha value is -2.32. The van der Waals surface area contributed by atoms with Gasteiger partial charge in [0.2, 0.25) is 0 Å². The number of aliphatic carboxylic acids is 1. The molecule has 2 aliphatic heterocycles. The minimum absolute atomic E-state index is 0.0211. The lowest BCUT2D eigenvalue weighted by molar-refractivity contribution is -0.133. The molecule has 2 heterocycles. The fourth-order valence-electron chi connectivity index (χ4n) is 3.35. The predicted molar refractivity (Wildman–Crippen MR) is 86.7 cm³/mol. The molecule has 0 radical (unpaired) electrons. The van der Waals surface area contributed by atoms with Crippen LogP contribution in [0.4, 0.5) is 21.5 Å². The van der Waals surface area contributed by atoms with Crippen LogP contribution < -0.4 is 20.6 Å². The van der Waals surface area contributed by atoms with Crippen LogP contribution in [0.3, 0.4) is 0 Å². The zero-order chi connectivity index (χ0) is 17.0. The molecule has 3 aliphatic rings. The molecule has 0 amide bonds. The van der Waals surface area contributed by atoms with E-state index in [-0.39, 0.29) is 23.5 Å². The number of hydroxylamine groups is 1. The Morgan fingerprint density at radius 1 is 1.21 bits per heavy atom. The van der Waals surface area contributed by atoms with Gasteiger partial charge in [-0.25, -0.2) is 14.2 Å². The molecule has 1 atom stereocenters. The lowest BCUT2D eigenvalue weighted by Gasteiger charge is -2.34. The highest BCUT2D eigenvalue weighted by molar-refractivity contribution is 5.95. The van der Waals surface area contributed by atoms with Gasteiger partial charge in [0, 0.05) is 37.4 Å². The number of carbonyl (C=O) groups is 1. The summed E-state index contributed by atoms with van der Waals surface area (Å²) in [6.07, 6.45) is 4.10. The van der Waals surface area contributed by atoms with E-state index >= 15 is 0 Å². The Morgan fingerprint density at radius 2 is 1.96 bits per heavy atom. The summed E-state index contributed by atoms with van der Waals surface area (Å²) in [5.74, 6) is -1.76. The van der Waals surface area contributed by atoms with Crippen molar-refractivity contribution in [2.24, 2.45) is 5.73 Å².